The lowest BCUT2D eigenvalue weighted by molar-refractivity contribution is -0.145. The first kappa shape index (κ1) is 16.1. The number of piperidine rings is 1. The first-order valence-corrected chi connectivity index (χ1v) is 8.02. The highest BCUT2D eigenvalue weighted by Gasteiger charge is 2.37. The Hall–Kier alpha value is -1.30. The lowest BCUT2D eigenvalue weighted by Crippen LogP contribution is -2.55. The molecule has 0 aromatic carbocycles. The number of amides is 2. The predicted molar refractivity (Wildman–Crippen MR) is 80.1 cm³/mol. The number of hydrogen-bond acceptors (Lipinski definition) is 3. The minimum Gasteiger partial charge on any atom is -0.480 e. The smallest absolute Gasteiger partial charge is 0.326 e. The van der Waals surface area contributed by atoms with Crippen molar-refractivity contribution in [1.82, 2.24) is 15.1 Å². The van der Waals surface area contributed by atoms with Gasteiger partial charge in [-0.1, -0.05) is 13.8 Å². The second-order valence-electron chi connectivity index (χ2n) is 6.33. The Balaban J connectivity index is 1.85. The van der Waals surface area contributed by atoms with Gasteiger partial charge >= 0.3 is 12.0 Å². The molecule has 2 saturated heterocycles. The summed E-state index contributed by atoms with van der Waals surface area (Å²) < 4.78 is 0. The van der Waals surface area contributed by atoms with Crippen LogP contribution in [0.3, 0.4) is 0 Å². The third kappa shape index (κ3) is 3.87. The number of likely N-dealkylation sites (tertiary alicyclic amines) is 2. The summed E-state index contributed by atoms with van der Waals surface area (Å²) in [5.74, 6) is -0.390. The van der Waals surface area contributed by atoms with E-state index in [9.17, 15) is 14.7 Å². The van der Waals surface area contributed by atoms with Crippen molar-refractivity contribution < 1.29 is 14.7 Å². The molecule has 2 aliphatic rings. The van der Waals surface area contributed by atoms with Crippen LogP contribution in [0.1, 0.15) is 33.1 Å². The largest absolute Gasteiger partial charge is 0.480 e. The van der Waals surface area contributed by atoms with Crippen LogP contribution in [-0.2, 0) is 4.79 Å². The van der Waals surface area contributed by atoms with Gasteiger partial charge in [0.25, 0.3) is 0 Å². The highest BCUT2D eigenvalue weighted by molar-refractivity contribution is 5.83. The molecule has 2 heterocycles. The maximum absolute atomic E-state index is 12.3. The normalized spacial score (nSPS) is 30.4. The van der Waals surface area contributed by atoms with Gasteiger partial charge in [-0.25, -0.2) is 9.59 Å². The van der Waals surface area contributed by atoms with E-state index in [1.54, 1.807) is 0 Å². The molecule has 3 unspecified atom stereocenters. The zero-order chi connectivity index (χ0) is 15.4. The number of aliphatic carboxylic acids is 1. The van der Waals surface area contributed by atoms with Crippen molar-refractivity contribution in [2.75, 3.05) is 32.7 Å². The van der Waals surface area contributed by atoms with E-state index in [1.165, 1.54) is 4.90 Å². The molecule has 3 atom stereocenters. The number of carboxylic acid groups (broad SMARTS) is 1. The van der Waals surface area contributed by atoms with Crippen molar-refractivity contribution in [2.45, 2.75) is 39.2 Å². The van der Waals surface area contributed by atoms with Gasteiger partial charge in [-0.15, -0.1) is 0 Å². The van der Waals surface area contributed by atoms with E-state index in [2.05, 4.69) is 17.1 Å². The van der Waals surface area contributed by atoms with E-state index in [0.717, 1.165) is 38.9 Å². The molecule has 6 nitrogen and oxygen atoms in total. The van der Waals surface area contributed by atoms with Gasteiger partial charge in [0.1, 0.15) is 6.04 Å². The molecule has 0 aromatic heterocycles. The molecular formula is C15H27N3O3. The number of hydrogen-bond donors (Lipinski definition) is 2. The van der Waals surface area contributed by atoms with E-state index in [1.807, 2.05) is 6.92 Å². The number of carbonyl (C=O) groups excluding carboxylic acids is 1. The fraction of sp³-hybridized carbons (Fsp3) is 0.867. The first-order chi connectivity index (χ1) is 10.0. The van der Waals surface area contributed by atoms with E-state index < -0.39 is 12.0 Å². The number of carboxylic acids is 1. The standard InChI is InChI=1S/C15H27N3O3/c1-3-17-8-6-12(10-17)9-16-15(21)18-7-4-5-11(2)13(18)14(19)20/h11-13H,3-10H2,1-2H3,(H,16,21)(H,19,20). The quantitative estimate of drug-likeness (QED) is 0.818. The number of urea groups is 1. The second kappa shape index (κ2) is 7.11. The fourth-order valence-corrected chi connectivity index (χ4v) is 3.49. The summed E-state index contributed by atoms with van der Waals surface area (Å²) in [4.78, 5) is 27.6. The topological polar surface area (TPSA) is 72.9 Å². The molecule has 2 aliphatic heterocycles. The van der Waals surface area contributed by atoms with Gasteiger partial charge in [0.05, 0.1) is 0 Å². The number of nitrogens with one attached hydrogen (secondary N) is 1. The van der Waals surface area contributed by atoms with E-state index >= 15 is 0 Å². The Bertz CT molecular complexity index is 388. The summed E-state index contributed by atoms with van der Waals surface area (Å²) in [6.45, 7) is 8.41. The lowest BCUT2D eigenvalue weighted by atomic mass is 9.91. The maximum Gasteiger partial charge on any atom is 0.326 e. The molecule has 0 bridgehead atoms. The molecule has 0 spiro atoms. The van der Waals surface area contributed by atoms with Gasteiger partial charge in [0.2, 0.25) is 0 Å². The molecule has 2 fully saturated rings. The lowest BCUT2D eigenvalue weighted by Gasteiger charge is -2.37. The zero-order valence-corrected chi connectivity index (χ0v) is 13.0. The highest BCUT2D eigenvalue weighted by Crippen LogP contribution is 2.23. The average Bonchev–Trinajstić information content (AvgIpc) is 2.92. The monoisotopic (exact) mass is 297 g/mol. The second-order valence-corrected chi connectivity index (χ2v) is 6.33. The van der Waals surface area contributed by atoms with Crippen LogP contribution >= 0.6 is 0 Å². The number of carbonyl (C=O) groups is 2. The van der Waals surface area contributed by atoms with E-state index in [4.69, 9.17) is 0 Å². The van der Waals surface area contributed by atoms with Gasteiger partial charge in [0, 0.05) is 19.6 Å². The minimum atomic E-state index is -0.893. The molecule has 2 N–H and O–H groups in total. The highest BCUT2D eigenvalue weighted by atomic mass is 16.4. The Morgan fingerprint density at radius 3 is 2.67 bits per heavy atom. The predicted octanol–water partition coefficient (Wildman–Crippen LogP) is 1.22. The third-order valence-electron chi connectivity index (χ3n) is 4.81. The van der Waals surface area contributed by atoms with Crippen molar-refractivity contribution in [3.05, 3.63) is 0 Å². The molecular weight excluding hydrogens is 270 g/mol. The average molecular weight is 297 g/mol. The summed E-state index contributed by atoms with van der Waals surface area (Å²) in [6, 6.07) is -0.904. The van der Waals surface area contributed by atoms with Gasteiger partial charge in [-0.05, 0) is 44.2 Å². The Morgan fingerprint density at radius 2 is 2.05 bits per heavy atom. The third-order valence-corrected chi connectivity index (χ3v) is 4.81. The summed E-state index contributed by atoms with van der Waals surface area (Å²) in [5.41, 5.74) is 0. The fourth-order valence-electron chi connectivity index (χ4n) is 3.49. The zero-order valence-electron chi connectivity index (χ0n) is 13.0. The van der Waals surface area contributed by atoms with Crippen LogP contribution in [-0.4, -0.2) is 65.7 Å². The molecule has 0 aromatic rings. The number of nitrogens with zero attached hydrogens (tertiary/aromatic N) is 2. The van der Waals surface area contributed by atoms with Crippen molar-refractivity contribution >= 4 is 12.0 Å². The molecule has 0 radical (unpaired) electrons. The van der Waals surface area contributed by atoms with Gasteiger partial charge < -0.3 is 20.2 Å². The van der Waals surface area contributed by atoms with Crippen LogP contribution in [0.25, 0.3) is 0 Å². The van der Waals surface area contributed by atoms with Crippen molar-refractivity contribution in [3.8, 4) is 0 Å². The summed E-state index contributed by atoms with van der Waals surface area (Å²) in [7, 11) is 0. The van der Waals surface area contributed by atoms with E-state index in [0.29, 0.717) is 19.0 Å². The van der Waals surface area contributed by atoms with Crippen LogP contribution in [0, 0.1) is 11.8 Å². The van der Waals surface area contributed by atoms with Gasteiger partial charge in [-0.3, -0.25) is 0 Å². The molecule has 2 rings (SSSR count). The van der Waals surface area contributed by atoms with Crippen LogP contribution in [0.2, 0.25) is 0 Å². The summed E-state index contributed by atoms with van der Waals surface area (Å²) >= 11 is 0. The van der Waals surface area contributed by atoms with Crippen molar-refractivity contribution in [2.24, 2.45) is 11.8 Å². The molecule has 120 valence electrons. The van der Waals surface area contributed by atoms with Crippen LogP contribution in [0.5, 0.6) is 0 Å². The van der Waals surface area contributed by atoms with Crippen molar-refractivity contribution in [3.63, 3.8) is 0 Å². The Kier molecular flexibility index (Phi) is 5.45. The molecule has 2 amide bonds. The van der Waals surface area contributed by atoms with E-state index in [-0.39, 0.29) is 11.9 Å². The Morgan fingerprint density at radius 1 is 1.29 bits per heavy atom. The minimum absolute atomic E-state index is 0.0177. The molecule has 6 heteroatoms. The van der Waals surface area contributed by atoms with Crippen LogP contribution in [0.15, 0.2) is 0 Å². The van der Waals surface area contributed by atoms with Crippen molar-refractivity contribution in [1.29, 1.82) is 0 Å². The SMILES string of the molecule is CCN1CCC(CNC(=O)N2CCCC(C)C2C(=O)O)C1. The molecule has 0 saturated carbocycles. The first-order valence-electron chi connectivity index (χ1n) is 8.02. The van der Waals surface area contributed by atoms with Gasteiger partial charge in [0.15, 0.2) is 0 Å². The summed E-state index contributed by atoms with van der Waals surface area (Å²) in [5, 5.41) is 12.3. The molecule has 0 aliphatic carbocycles. The maximum atomic E-state index is 12.3. The Labute approximate surface area is 126 Å². The van der Waals surface area contributed by atoms with Crippen LogP contribution in [0.4, 0.5) is 4.79 Å². The van der Waals surface area contributed by atoms with Crippen LogP contribution < -0.4 is 5.32 Å². The number of rotatable bonds is 4. The van der Waals surface area contributed by atoms with Gasteiger partial charge in [-0.2, -0.15) is 0 Å². The molecule has 21 heavy (non-hydrogen) atoms. The summed E-state index contributed by atoms with van der Waals surface area (Å²) in [6.07, 6.45) is 2.85.